The van der Waals surface area contributed by atoms with Gasteiger partial charge in [-0.3, -0.25) is 0 Å². The molecule has 0 saturated heterocycles. The maximum atomic E-state index is 12.6. The van der Waals surface area contributed by atoms with Crippen LogP contribution in [0.5, 0.6) is 0 Å². The molecule has 0 saturated carbocycles. The Balaban J connectivity index is 2.86. The van der Waals surface area contributed by atoms with Gasteiger partial charge in [0.25, 0.3) is 0 Å². The Morgan fingerprint density at radius 1 is 1.45 bits per heavy atom. The minimum atomic E-state index is -0.176. The van der Waals surface area contributed by atoms with E-state index in [2.05, 4.69) is 5.32 Å². The van der Waals surface area contributed by atoms with E-state index in [-0.39, 0.29) is 11.9 Å². The SMILES string of the molecule is CNC(C)c1cccc(F)c1. The van der Waals surface area contributed by atoms with Crippen molar-refractivity contribution in [2.75, 3.05) is 7.05 Å². The summed E-state index contributed by atoms with van der Waals surface area (Å²) in [4.78, 5) is 0. The highest BCUT2D eigenvalue weighted by atomic mass is 19.1. The molecule has 0 fully saturated rings. The fourth-order valence-electron chi connectivity index (χ4n) is 0.943. The Bertz CT molecular complexity index is 235. The van der Waals surface area contributed by atoms with E-state index in [0.717, 1.165) is 5.56 Å². The standard InChI is InChI=1S/C9H12FN/c1-7(11-2)8-4-3-5-9(10)6-8/h3-7,11H,1-2H3. The van der Waals surface area contributed by atoms with Gasteiger partial charge in [-0.25, -0.2) is 4.39 Å². The van der Waals surface area contributed by atoms with Gasteiger partial charge in [-0.1, -0.05) is 12.1 Å². The summed E-state index contributed by atoms with van der Waals surface area (Å²) >= 11 is 0. The van der Waals surface area contributed by atoms with Gasteiger partial charge in [0.05, 0.1) is 0 Å². The zero-order chi connectivity index (χ0) is 8.27. The second-order valence-corrected chi connectivity index (χ2v) is 2.57. The Labute approximate surface area is 66.2 Å². The molecule has 2 heteroatoms. The summed E-state index contributed by atoms with van der Waals surface area (Å²) in [6.45, 7) is 1.99. The molecule has 11 heavy (non-hydrogen) atoms. The van der Waals surface area contributed by atoms with Crippen LogP contribution in [0.1, 0.15) is 18.5 Å². The lowest BCUT2D eigenvalue weighted by Crippen LogP contribution is -2.12. The highest BCUT2D eigenvalue weighted by Crippen LogP contribution is 2.11. The number of hydrogen-bond acceptors (Lipinski definition) is 1. The van der Waals surface area contributed by atoms with Crippen molar-refractivity contribution in [1.82, 2.24) is 5.32 Å². The van der Waals surface area contributed by atoms with E-state index in [1.165, 1.54) is 6.07 Å². The first-order valence-electron chi connectivity index (χ1n) is 3.67. The topological polar surface area (TPSA) is 12.0 Å². The van der Waals surface area contributed by atoms with Crippen molar-refractivity contribution in [3.8, 4) is 0 Å². The van der Waals surface area contributed by atoms with Crippen molar-refractivity contribution >= 4 is 0 Å². The first-order chi connectivity index (χ1) is 5.24. The summed E-state index contributed by atoms with van der Waals surface area (Å²) in [6, 6.07) is 6.83. The van der Waals surface area contributed by atoms with Crippen molar-refractivity contribution in [2.45, 2.75) is 13.0 Å². The van der Waals surface area contributed by atoms with Gasteiger partial charge in [0.15, 0.2) is 0 Å². The molecule has 0 aromatic heterocycles. The van der Waals surface area contributed by atoms with Gasteiger partial charge in [0.1, 0.15) is 5.82 Å². The van der Waals surface area contributed by atoms with Crippen LogP contribution in [0.4, 0.5) is 4.39 Å². The molecule has 0 aliphatic rings. The average Bonchev–Trinajstić information content (AvgIpc) is 2.03. The quantitative estimate of drug-likeness (QED) is 0.686. The Morgan fingerprint density at radius 2 is 2.18 bits per heavy atom. The van der Waals surface area contributed by atoms with Crippen LogP contribution in [-0.4, -0.2) is 7.05 Å². The average molecular weight is 153 g/mol. The van der Waals surface area contributed by atoms with Gasteiger partial charge in [-0.2, -0.15) is 0 Å². The number of nitrogens with one attached hydrogen (secondary N) is 1. The van der Waals surface area contributed by atoms with E-state index in [0.29, 0.717) is 0 Å². The van der Waals surface area contributed by atoms with Gasteiger partial charge in [0, 0.05) is 6.04 Å². The van der Waals surface area contributed by atoms with Gasteiger partial charge in [-0.05, 0) is 31.7 Å². The van der Waals surface area contributed by atoms with Gasteiger partial charge in [0.2, 0.25) is 0 Å². The summed E-state index contributed by atoms with van der Waals surface area (Å²) in [5, 5.41) is 3.04. The van der Waals surface area contributed by atoms with Crippen LogP contribution in [0.25, 0.3) is 0 Å². The molecule has 0 radical (unpaired) electrons. The highest BCUT2D eigenvalue weighted by molar-refractivity contribution is 5.19. The molecule has 0 spiro atoms. The monoisotopic (exact) mass is 153 g/mol. The first kappa shape index (κ1) is 8.21. The van der Waals surface area contributed by atoms with Crippen LogP contribution < -0.4 is 5.32 Å². The number of rotatable bonds is 2. The molecule has 1 atom stereocenters. The van der Waals surface area contributed by atoms with E-state index < -0.39 is 0 Å². The van der Waals surface area contributed by atoms with Crippen LogP contribution in [0.2, 0.25) is 0 Å². The molecule has 0 bridgehead atoms. The molecule has 1 rings (SSSR count). The fourth-order valence-corrected chi connectivity index (χ4v) is 0.943. The van der Waals surface area contributed by atoms with E-state index >= 15 is 0 Å². The lowest BCUT2D eigenvalue weighted by Gasteiger charge is -2.09. The second kappa shape index (κ2) is 3.49. The predicted octanol–water partition coefficient (Wildman–Crippen LogP) is 2.11. The maximum absolute atomic E-state index is 12.6. The first-order valence-corrected chi connectivity index (χ1v) is 3.67. The Hall–Kier alpha value is -0.890. The third-order valence-electron chi connectivity index (χ3n) is 1.78. The predicted molar refractivity (Wildman–Crippen MR) is 43.9 cm³/mol. The Morgan fingerprint density at radius 3 is 2.73 bits per heavy atom. The van der Waals surface area contributed by atoms with E-state index in [4.69, 9.17) is 0 Å². The summed E-state index contributed by atoms with van der Waals surface area (Å²) in [7, 11) is 1.86. The maximum Gasteiger partial charge on any atom is 0.123 e. The smallest absolute Gasteiger partial charge is 0.123 e. The zero-order valence-corrected chi connectivity index (χ0v) is 6.76. The molecule has 0 heterocycles. The van der Waals surface area contributed by atoms with E-state index in [1.54, 1.807) is 12.1 Å². The zero-order valence-electron chi connectivity index (χ0n) is 6.76. The number of hydrogen-bond donors (Lipinski definition) is 1. The highest BCUT2D eigenvalue weighted by Gasteiger charge is 2.01. The molecule has 1 N–H and O–H groups in total. The molecule has 0 aliphatic carbocycles. The molecule has 60 valence electrons. The van der Waals surface area contributed by atoms with E-state index in [1.807, 2.05) is 20.0 Å². The van der Waals surface area contributed by atoms with Crippen molar-refractivity contribution in [3.63, 3.8) is 0 Å². The van der Waals surface area contributed by atoms with Crippen LogP contribution in [0.15, 0.2) is 24.3 Å². The minimum Gasteiger partial charge on any atom is -0.313 e. The molecule has 1 aromatic rings. The van der Waals surface area contributed by atoms with Gasteiger partial charge in [-0.15, -0.1) is 0 Å². The van der Waals surface area contributed by atoms with Gasteiger partial charge < -0.3 is 5.32 Å². The number of benzene rings is 1. The molecule has 1 nitrogen and oxygen atoms in total. The number of halogens is 1. The summed E-state index contributed by atoms with van der Waals surface area (Å²) in [6.07, 6.45) is 0. The molecule has 0 amide bonds. The van der Waals surface area contributed by atoms with E-state index in [9.17, 15) is 4.39 Å². The molecule has 1 aromatic carbocycles. The fraction of sp³-hybridized carbons (Fsp3) is 0.333. The van der Waals surface area contributed by atoms with Crippen LogP contribution in [0.3, 0.4) is 0 Å². The second-order valence-electron chi connectivity index (χ2n) is 2.57. The van der Waals surface area contributed by atoms with Crippen molar-refractivity contribution in [1.29, 1.82) is 0 Å². The summed E-state index contributed by atoms with van der Waals surface area (Å²) in [5.41, 5.74) is 0.979. The van der Waals surface area contributed by atoms with Crippen molar-refractivity contribution in [3.05, 3.63) is 35.6 Å². The lowest BCUT2D eigenvalue weighted by atomic mass is 10.1. The minimum absolute atomic E-state index is 0.176. The third-order valence-corrected chi connectivity index (χ3v) is 1.78. The van der Waals surface area contributed by atoms with Gasteiger partial charge >= 0.3 is 0 Å². The van der Waals surface area contributed by atoms with Crippen LogP contribution in [-0.2, 0) is 0 Å². The molecule has 0 aliphatic heterocycles. The summed E-state index contributed by atoms with van der Waals surface area (Å²) in [5.74, 6) is -0.176. The molecular weight excluding hydrogens is 141 g/mol. The van der Waals surface area contributed by atoms with Crippen LogP contribution in [0, 0.1) is 5.82 Å². The van der Waals surface area contributed by atoms with Crippen molar-refractivity contribution in [2.24, 2.45) is 0 Å². The van der Waals surface area contributed by atoms with Crippen molar-refractivity contribution < 1.29 is 4.39 Å². The Kier molecular flexibility index (Phi) is 2.60. The summed E-state index contributed by atoms with van der Waals surface area (Å²) < 4.78 is 12.6. The van der Waals surface area contributed by atoms with Crippen LogP contribution >= 0.6 is 0 Å². The third kappa shape index (κ3) is 2.02. The molecular formula is C9H12FN. The largest absolute Gasteiger partial charge is 0.313 e. The normalized spacial score (nSPS) is 13.0. The lowest BCUT2D eigenvalue weighted by molar-refractivity contribution is 0.608. The molecule has 1 unspecified atom stereocenters.